The van der Waals surface area contributed by atoms with E-state index in [1.165, 1.54) is 10.8 Å². The van der Waals surface area contributed by atoms with E-state index in [9.17, 15) is 8.42 Å². The quantitative estimate of drug-likeness (QED) is 0.203. The van der Waals surface area contributed by atoms with Crippen LogP contribution in [-0.4, -0.2) is 8.42 Å². The summed E-state index contributed by atoms with van der Waals surface area (Å²) in [5, 5.41) is 4.68. The molecule has 0 spiro atoms. The molecular formula is C40H31NO2S. The maximum absolute atomic E-state index is 14.0. The van der Waals surface area contributed by atoms with Gasteiger partial charge in [0.15, 0.2) is 0 Å². The van der Waals surface area contributed by atoms with E-state index in [2.05, 4.69) is 91.0 Å². The molecule has 0 fully saturated rings. The Hall–Kier alpha value is -5.19. The van der Waals surface area contributed by atoms with Crippen molar-refractivity contribution in [1.29, 1.82) is 0 Å². The second kappa shape index (κ2) is 10.8. The van der Waals surface area contributed by atoms with E-state index < -0.39 is 9.84 Å². The molecule has 0 atom stereocenters. The lowest BCUT2D eigenvalue weighted by Gasteiger charge is -2.16. The molecule has 0 saturated heterocycles. The van der Waals surface area contributed by atoms with Crippen LogP contribution in [0, 0.1) is 13.8 Å². The summed E-state index contributed by atoms with van der Waals surface area (Å²) in [5.41, 5.74) is 14.1. The Labute approximate surface area is 258 Å². The van der Waals surface area contributed by atoms with Gasteiger partial charge in [-0.2, -0.15) is 0 Å². The van der Waals surface area contributed by atoms with Crippen molar-refractivity contribution in [1.82, 2.24) is 0 Å². The van der Waals surface area contributed by atoms with Gasteiger partial charge in [-0.15, -0.1) is 0 Å². The average molecular weight is 590 g/mol. The molecular weight excluding hydrogens is 559 g/mol. The van der Waals surface area contributed by atoms with Crippen molar-refractivity contribution >= 4 is 37.1 Å². The summed E-state index contributed by atoms with van der Waals surface area (Å²) in [6, 6.07) is 46.8. The molecule has 44 heavy (non-hydrogen) atoms. The minimum Gasteiger partial charge on any atom is -0.398 e. The SMILES string of the molecule is Cc1ccccc1S(=O)(=O)c1cc(-c2cc(-c3ccc4ccccc4c3)cc(-c3ccc4ccccc4c3)c2)cc(N)c1C. The monoisotopic (exact) mass is 589 g/mol. The molecule has 4 heteroatoms. The molecule has 0 saturated carbocycles. The lowest BCUT2D eigenvalue weighted by Crippen LogP contribution is -2.08. The van der Waals surface area contributed by atoms with Gasteiger partial charge >= 0.3 is 0 Å². The highest BCUT2D eigenvalue weighted by atomic mass is 32.2. The Morgan fingerprint density at radius 3 is 1.43 bits per heavy atom. The van der Waals surface area contributed by atoms with Crippen LogP contribution >= 0.6 is 0 Å². The Balaban J connectivity index is 1.45. The largest absolute Gasteiger partial charge is 0.398 e. The fourth-order valence-electron chi connectivity index (χ4n) is 6.00. The van der Waals surface area contributed by atoms with Crippen molar-refractivity contribution in [2.45, 2.75) is 23.6 Å². The van der Waals surface area contributed by atoms with E-state index in [0.29, 0.717) is 21.7 Å². The predicted molar refractivity (Wildman–Crippen MR) is 184 cm³/mol. The average Bonchev–Trinajstić information content (AvgIpc) is 3.05. The van der Waals surface area contributed by atoms with Crippen LogP contribution in [-0.2, 0) is 9.84 Å². The van der Waals surface area contributed by atoms with Crippen LogP contribution in [0.4, 0.5) is 5.69 Å². The van der Waals surface area contributed by atoms with Gasteiger partial charge in [-0.25, -0.2) is 8.42 Å². The number of benzene rings is 7. The third-order valence-corrected chi connectivity index (χ3v) is 10.5. The first-order chi connectivity index (χ1) is 21.3. The first-order valence-corrected chi connectivity index (χ1v) is 16.1. The Morgan fingerprint density at radius 1 is 0.432 bits per heavy atom. The zero-order chi connectivity index (χ0) is 30.4. The normalized spacial score (nSPS) is 11.7. The van der Waals surface area contributed by atoms with Gasteiger partial charge in [-0.3, -0.25) is 0 Å². The molecule has 0 aliphatic heterocycles. The van der Waals surface area contributed by atoms with Gasteiger partial charge in [0.1, 0.15) is 0 Å². The molecule has 0 aromatic heterocycles. The fourth-order valence-corrected chi connectivity index (χ4v) is 7.79. The molecule has 0 radical (unpaired) electrons. The summed E-state index contributed by atoms with van der Waals surface area (Å²) in [7, 11) is -3.81. The van der Waals surface area contributed by atoms with E-state index in [4.69, 9.17) is 5.73 Å². The molecule has 3 nitrogen and oxygen atoms in total. The number of fused-ring (bicyclic) bond motifs is 2. The highest BCUT2D eigenvalue weighted by molar-refractivity contribution is 7.91. The van der Waals surface area contributed by atoms with E-state index in [0.717, 1.165) is 44.2 Å². The van der Waals surface area contributed by atoms with Gasteiger partial charge < -0.3 is 5.73 Å². The smallest absolute Gasteiger partial charge is 0.207 e. The third kappa shape index (κ3) is 4.93. The van der Waals surface area contributed by atoms with Crippen LogP contribution in [0.2, 0.25) is 0 Å². The summed E-state index contributed by atoms with van der Waals surface area (Å²) in [6.07, 6.45) is 0. The minimum absolute atomic E-state index is 0.227. The molecule has 0 aliphatic rings. The van der Waals surface area contributed by atoms with Gasteiger partial charge in [-0.05, 0) is 128 Å². The maximum Gasteiger partial charge on any atom is 0.207 e. The summed E-state index contributed by atoms with van der Waals surface area (Å²) < 4.78 is 28.0. The van der Waals surface area contributed by atoms with Gasteiger partial charge in [0.05, 0.1) is 9.79 Å². The van der Waals surface area contributed by atoms with E-state index in [-0.39, 0.29) is 4.90 Å². The number of sulfone groups is 1. The number of rotatable bonds is 5. The second-order valence-electron chi connectivity index (χ2n) is 11.4. The van der Waals surface area contributed by atoms with Crippen molar-refractivity contribution in [3.8, 4) is 33.4 Å². The van der Waals surface area contributed by atoms with E-state index >= 15 is 0 Å². The van der Waals surface area contributed by atoms with Crippen LogP contribution < -0.4 is 5.73 Å². The number of anilines is 1. The first kappa shape index (κ1) is 27.6. The maximum atomic E-state index is 14.0. The topological polar surface area (TPSA) is 60.2 Å². The van der Waals surface area contributed by atoms with Crippen molar-refractivity contribution in [3.05, 3.63) is 151 Å². The number of hydrogen-bond donors (Lipinski definition) is 1. The molecule has 0 unspecified atom stereocenters. The predicted octanol–water partition coefficient (Wildman–Crippen LogP) is 10.0. The standard InChI is InChI=1S/C40H31NO2S/c1-26-9-3-8-14-39(26)44(42,43)40-25-37(24-38(41)27(40)2)36-22-34(32-17-15-28-10-4-6-12-30(28)19-32)21-35(23-36)33-18-16-29-11-5-7-13-31(29)20-33/h3-25H,41H2,1-2H3. The lowest BCUT2D eigenvalue weighted by atomic mass is 9.91. The zero-order valence-electron chi connectivity index (χ0n) is 24.6. The summed E-state index contributed by atoms with van der Waals surface area (Å²) in [4.78, 5) is 0.520. The second-order valence-corrected chi connectivity index (χ2v) is 13.3. The third-order valence-electron chi connectivity index (χ3n) is 8.50. The molecule has 7 aromatic carbocycles. The Bertz CT molecular complexity index is 2240. The summed E-state index contributed by atoms with van der Waals surface area (Å²) in [5.74, 6) is 0. The minimum atomic E-state index is -3.81. The van der Waals surface area contributed by atoms with Crippen molar-refractivity contribution in [2.24, 2.45) is 0 Å². The molecule has 7 rings (SSSR count). The van der Waals surface area contributed by atoms with Gasteiger partial charge in [0, 0.05) is 5.69 Å². The van der Waals surface area contributed by atoms with E-state index in [1.54, 1.807) is 25.1 Å². The lowest BCUT2D eigenvalue weighted by molar-refractivity contribution is 0.595. The first-order valence-electron chi connectivity index (χ1n) is 14.6. The summed E-state index contributed by atoms with van der Waals surface area (Å²) in [6.45, 7) is 3.59. The van der Waals surface area contributed by atoms with Crippen molar-refractivity contribution < 1.29 is 8.42 Å². The van der Waals surface area contributed by atoms with Crippen LogP contribution in [0.25, 0.3) is 54.9 Å². The highest BCUT2D eigenvalue weighted by Crippen LogP contribution is 2.38. The van der Waals surface area contributed by atoms with Crippen LogP contribution in [0.1, 0.15) is 11.1 Å². The van der Waals surface area contributed by atoms with Gasteiger partial charge in [0.25, 0.3) is 0 Å². The number of nitrogens with two attached hydrogens (primary N) is 1. The molecule has 2 N–H and O–H groups in total. The Kier molecular flexibility index (Phi) is 6.80. The molecule has 0 amide bonds. The number of aryl methyl sites for hydroxylation is 1. The zero-order valence-corrected chi connectivity index (χ0v) is 25.4. The Morgan fingerprint density at radius 2 is 0.886 bits per heavy atom. The molecule has 7 aromatic rings. The van der Waals surface area contributed by atoms with Crippen LogP contribution in [0.15, 0.2) is 149 Å². The molecule has 0 bridgehead atoms. The highest BCUT2D eigenvalue weighted by Gasteiger charge is 2.24. The van der Waals surface area contributed by atoms with E-state index in [1.807, 2.05) is 37.3 Å². The molecule has 214 valence electrons. The van der Waals surface area contributed by atoms with Crippen LogP contribution in [0.3, 0.4) is 0 Å². The number of nitrogen functional groups attached to an aromatic ring is 1. The molecule has 0 aliphatic carbocycles. The summed E-state index contributed by atoms with van der Waals surface area (Å²) >= 11 is 0. The van der Waals surface area contributed by atoms with Crippen LogP contribution in [0.5, 0.6) is 0 Å². The number of hydrogen-bond acceptors (Lipinski definition) is 3. The van der Waals surface area contributed by atoms with Gasteiger partial charge in [-0.1, -0.05) is 91.0 Å². The molecule has 0 heterocycles. The van der Waals surface area contributed by atoms with Crippen molar-refractivity contribution in [2.75, 3.05) is 5.73 Å². The van der Waals surface area contributed by atoms with Gasteiger partial charge in [0.2, 0.25) is 9.84 Å². The van der Waals surface area contributed by atoms with Crippen molar-refractivity contribution in [3.63, 3.8) is 0 Å². The fraction of sp³-hybridized carbons (Fsp3) is 0.0500.